The number of carbonyl (C=O) groups is 2. The van der Waals surface area contributed by atoms with Crippen LogP contribution in [0.5, 0.6) is 11.5 Å². The molecule has 3 rings (SSSR count). The normalized spacial score (nSPS) is 12.7. The van der Waals surface area contributed by atoms with Gasteiger partial charge in [-0.1, -0.05) is 44.2 Å². The zero-order chi connectivity index (χ0) is 29.3. The molecule has 0 fully saturated rings. The molecule has 8 nitrogen and oxygen atoms in total. The molecule has 10 heteroatoms. The third-order valence-electron chi connectivity index (χ3n) is 6.44. The molecular weight excluding hydrogens is 533 g/mol. The molecule has 0 heterocycles. The maximum Gasteiger partial charge on any atom is 0.244 e. The number of halogens is 1. The van der Waals surface area contributed by atoms with E-state index < -0.39 is 34.3 Å². The zero-order valence-electron chi connectivity index (χ0n) is 23.2. The van der Waals surface area contributed by atoms with Crippen molar-refractivity contribution in [3.05, 3.63) is 90.2 Å². The molecule has 0 aromatic heterocycles. The standard InChI is InChI=1S/C30H36FN3O5S/c1-5-22(3)32-30(36)28(6-2)33(20-23-12-14-24(31)15-13-23)29(35)21-34(40(4,37)38)25-16-18-27(19-17-25)39-26-10-8-7-9-11-26/h7-19,22,28H,5-6,20-21H2,1-4H3,(H,32,36)/t22-,28-/m0/s1. The van der Waals surface area contributed by atoms with Crippen LogP contribution in [0.15, 0.2) is 78.9 Å². The van der Waals surface area contributed by atoms with Gasteiger partial charge in [0.15, 0.2) is 0 Å². The zero-order valence-corrected chi connectivity index (χ0v) is 24.0. The fourth-order valence-corrected chi connectivity index (χ4v) is 4.92. The predicted octanol–water partition coefficient (Wildman–Crippen LogP) is 5.11. The molecule has 3 aromatic carbocycles. The lowest BCUT2D eigenvalue weighted by atomic mass is 10.1. The quantitative estimate of drug-likeness (QED) is 0.309. The molecule has 214 valence electrons. The monoisotopic (exact) mass is 569 g/mol. The lowest BCUT2D eigenvalue weighted by molar-refractivity contribution is -0.140. The van der Waals surface area contributed by atoms with Crippen LogP contribution >= 0.6 is 0 Å². The molecule has 40 heavy (non-hydrogen) atoms. The third kappa shape index (κ3) is 8.54. The van der Waals surface area contributed by atoms with E-state index in [0.717, 1.165) is 10.6 Å². The summed E-state index contributed by atoms with van der Waals surface area (Å²) >= 11 is 0. The van der Waals surface area contributed by atoms with E-state index >= 15 is 0 Å². The molecule has 0 radical (unpaired) electrons. The number of nitrogens with one attached hydrogen (secondary N) is 1. The smallest absolute Gasteiger partial charge is 0.244 e. The van der Waals surface area contributed by atoms with Gasteiger partial charge in [-0.2, -0.15) is 0 Å². The number of rotatable bonds is 13. The van der Waals surface area contributed by atoms with Gasteiger partial charge in [0.1, 0.15) is 29.9 Å². The number of ether oxygens (including phenoxy) is 1. The van der Waals surface area contributed by atoms with E-state index in [0.29, 0.717) is 29.9 Å². The van der Waals surface area contributed by atoms with Gasteiger partial charge in [-0.3, -0.25) is 13.9 Å². The van der Waals surface area contributed by atoms with E-state index in [1.165, 1.54) is 29.2 Å². The van der Waals surface area contributed by atoms with Crippen molar-refractivity contribution in [2.75, 3.05) is 17.1 Å². The predicted molar refractivity (Wildman–Crippen MR) is 154 cm³/mol. The summed E-state index contributed by atoms with van der Waals surface area (Å²) in [6, 6.07) is 20.2. The van der Waals surface area contributed by atoms with Crippen molar-refractivity contribution < 1.29 is 27.1 Å². The van der Waals surface area contributed by atoms with Crippen LogP contribution in [0.4, 0.5) is 10.1 Å². The minimum Gasteiger partial charge on any atom is -0.457 e. The number of amides is 2. The van der Waals surface area contributed by atoms with Crippen LogP contribution in [0.3, 0.4) is 0 Å². The molecule has 0 aliphatic rings. The SMILES string of the molecule is CC[C@H](C)NC(=O)[C@H](CC)N(Cc1ccc(F)cc1)C(=O)CN(c1ccc(Oc2ccccc2)cc1)S(C)(=O)=O. The number of carbonyl (C=O) groups excluding carboxylic acids is 2. The summed E-state index contributed by atoms with van der Waals surface area (Å²) < 4.78 is 46.0. The van der Waals surface area contributed by atoms with Crippen LogP contribution < -0.4 is 14.4 Å². The number of nitrogens with zero attached hydrogens (tertiary/aromatic N) is 2. The van der Waals surface area contributed by atoms with Crippen molar-refractivity contribution in [3.63, 3.8) is 0 Å². The van der Waals surface area contributed by atoms with Gasteiger partial charge >= 0.3 is 0 Å². The minimum absolute atomic E-state index is 0.00695. The topological polar surface area (TPSA) is 96.0 Å². The Morgan fingerprint density at radius 1 is 0.900 bits per heavy atom. The molecule has 2 amide bonds. The number of anilines is 1. The molecule has 0 aliphatic carbocycles. The van der Waals surface area contributed by atoms with Crippen molar-refractivity contribution in [2.45, 2.75) is 52.2 Å². The summed E-state index contributed by atoms with van der Waals surface area (Å²) in [7, 11) is -3.88. The summed E-state index contributed by atoms with van der Waals surface area (Å²) in [6.07, 6.45) is 2.03. The molecule has 0 saturated carbocycles. The maximum absolute atomic E-state index is 13.8. The van der Waals surface area contributed by atoms with E-state index in [4.69, 9.17) is 4.74 Å². The molecule has 0 unspecified atom stereocenters. The van der Waals surface area contributed by atoms with Gasteiger partial charge in [0.2, 0.25) is 21.8 Å². The highest BCUT2D eigenvalue weighted by molar-refractivity contribution is 7.92. The lowest BCUT2D eigenvalue weighted by Gasteiger charge is -2.33. The Balaban J connectivity index is 1.89. The van der Waals surface area contributed by atoms with E-state index in [9.17, 15) is 22.4 Å². The summed E-state index contributed by atoms with van der Waals surface area (Å²) in [6.45, 7) is 5.07. The van der Waals surface area contributed by atoms with Gasteiger partial charge in [-0.15, -0.1) is 0 Å². The van der Waals surface area contributed by atoms with Crippen LogP contribution in [0.1, 0.15) is 39.2 Å². The van der Waals surface area contributed by atoms with Crippen LogP contribution in [0.25, 0.3) is 0 Å². The van der Waals surface area contributed by atoms with Crippen molar-refractivity contribution in [1.29, 1.82) is 0 Å². The highest BCUT2D eigenvalue weighted by atomic mass is 32.2. The van der Waals surface area contributed by atoms with Crippen LogP contribution in [-0.2, 0) is 26.2 Å². The van der Waals surface area contributed by atoms with E-state index in [2.05, 4.69) is 5.32 Å². The summed E-state index contributed by atoms with van der Waals surface area (Å²) in [5.41, 5.74) is 0.882. The van der Waals surface area contributed by atoms with E-state index in [-0.39, 0.29) is 24.2 Å². The van der Waals surface area contributed by atoms with Gasteiger partial charge in [-0.05, 0) is 73.9 Å². The summed E-state index contributed by atoms with van der Waals surface area (Å²) in [5.74, 6) is -0.194. The highest BCUT2D eigenvalue weighted by Crippen LogP contribution is 2.26. The molecule has 3 aromatic rings. The second-order valence-electron chi connectivity index (χ2n) is 9.57. The first kappa shape index (κ1) is 30.6. The average molecular weight is 570 g/mol. The van der Waals surface area contributed by atoms with Crippen molar-refractivity contribution in [1.82, 2.24) is 10.2 Å². The Morgan fingerprint density at radius 3 is 2.05 bits per heavy atom. The molecule has 0 aliphatic heterocycles. The minimum atomic E-state index is -3.88. The number of para-hydroxylation sites is 1. The van der Waals surface area contributed by atoms with Gasteiger partial charge in [-0.25, -0.2) is 12.8 Å². The number of hydrogen-bond acceptors (Lipinski definition) is 5. The van der Waals surface area contributed by atoms with E-state index in [1.54, 1.807) is 43.3 Å². The molecule has 1 N–H and O–H groups in total. The van der Waals surface area contributed by atoms with Crippen molar-refractivity contribution >= 4 is 27.5 Å². The Labute approximate surface area is 235 Å². The molecule has 0 saturated heterocycles. The molecule has 0 bridgehead atoms. The first-order chi connectivity index (χ1) is 19.0. The second-order valence-corrected chi connectivity index (χ2v) is 11.5. The van der Waals surface area contributed by atoms with Crippen LogP contribution in [0.2, 0.25) is 0 Å². The number of hydrogen-bond donors (Lipinski definition) is 1. The fraction of sp³-hybridized carbons (Fsp3) is 0.333. The third-order valence-corrected chi connectivity index (χ3v) is 7.58. The second kappa shape index (κ2) is 13.9. The Hall–Kier alpha value is -3.92. The van der Waals surface area contributed by atoms with Crippen LogP contribution in [-0.4, -0.2) is 50.0 Å². The Morgan fingerprint density at radius 2 is 1.50 bits per heavy atom. The number of sulfonamides is 1. The average Bonchev–Trinajstić information content (AvgIpc) is 2.93. The highest BCUT2D eigenvalue weighted by Gasteiger charge is 2.32. The maximum atomic E-state index is 13.8. The largest absolute Gasteiger partial charge is 0.457 e. The van der Waals surface area contributed by atoms with Gasteiger partial charge < -0.3 is 15.0 Å². The van der Waals surface area contributed by atoms with Crippen LogP contribution in [0, 0.1) is 5.82 Å². The number of benzene rings is 3. The molecular formula is C30H36FN3O5S. The lowest BCUT2D eigenvalue weighted by Crippen LogP contribution is -2.53. The molecule has 0 spiro atoms. The van der Waals surface area contributed by atoms with Gasteiger partial charge in [0, 0.05) is 12.6 Å². The summed E-state index contributed by atoms with van der Waals surface area (Å²) in [4.78, 5) is 28.3. The van der Waals surface area contributed by atoms with E-state index in [1.807, 2.05) is 32.0 Å². The first-order valence-corrected chi connectivity index (χ1v) is 15.0. The van der Waals surface area contributed by atoms with Gasteiger partial charge in [0.05, 0.1) is 11.9 Å². The Kier molecular flexibility index (Phi) is 10.7. The van der Waals surface area contributed by atoms with Gasteiger partial charge in [0.25, 0.3) is 0 Å². The summed E-state index contributed by atoms with van der Waals surface area (Å²) in [5, 5.41) is 2.91. The van der Waals surface area contributed by atoms with Crippen molar-refractivity contribution in [3.8, 4) is 11.5 Å². The molecule has 2 atom stereocenters. The Bertz CT molecular complexity index is 1370. The fourth-order valence-electron chi connectivity index (χ4n) is 4.07. The van der Waals surface area contributed by atoms with Crippen molar-refractivity contribution in [2.24, 2.45) is 0 Å². The first-order valence-electron chi connectivity index (χ1n) is 13.2.